The van der Waals surface area contributed by atoms with Gasteiger partial charge in [0.2, 0.25) is 5.82 Å². The molecule has 1 aromatic carbocycles. The first kappa shape index (κ1) is 13.6. The molecular weight excluding hydrogens is 292 g/mol. The number of benzene rings is 1. The highest BCUT2D eigenvalue weighted by Gasteiger charge is 2.12. The Labute approximate surface area is 125 Å². The summed E-state index contributed by atoms with van der Waals surface area (Å²) in [4.78, 5) is 1.45. The lowest BCUT2D eigenvalue weighted by Crippen LogP contribution is -2.12. The first-order chi connectivity index (χ1) is 10.3. The quantitative estimate of drug-likeness (QED) is 0.709. The van der Waals surface area contributed by atoms with Gasteiger partial charge in [-0.15, -0.1) is 15.3 Å². The van der Waals surface area contributed by atoms with Gasteiger partial charge in [-0.2, -0.15) is 4.80 Å². The van der Waals surface area contributed by atoms with E-state index in [0.29, 0.717) is 23.2 Å². The third-order valence-corrected chi connectivity index (χ3v) is 3.22. The maximum atomic E-state index is 6.12. The summed E-state index contributed by atoms with van der Waals surface area (Å²) in [6.45, 7) is 3.19. The van der Waals surface area contributed by atoms with Crippen molar-refractivity contribution < 1.29 is 0 Å². The van der Waals surface area contributed by atoms with Crippen LogP contribution in [-0.4, -0.2) is 40.4 Å². The second-order valence-corrected chi connectivity index (χ2v) is 4.85. The molecule has 3 aromatic rings. The van der Waals surface area contributed by atoms with E-state index in [0.717, 1.165) is 18.5 Å². The van der Waals surface area contributed by atoms with E-state index in [9.17, 15) is 0 Å². The van der Waals surface area contributed by atoms with Crippen molar-refractivity contribution in [2.75, 3.05) is 0 Å². The summed E-state index contributed by atoms with van der Waals surface area (Å²) in [6, 6.07) is 7.38. The van der Waals surface area contributed by atoms with Crippen molar-refractivity contribution in [1.29, 1.82) is 0 Å². The van der Waals surface area contributed by atoms with Gasteiger partial charge in [0, 0.05) is 12.1 Å². The first-order valence-electron chi connectivity index (χ1n) is 6.55. The molecule has 21 heavy (non-hydrogen) atoms. The molecule has 0 atom stereocenters. The molecule has 0 amide bonds. The van der Waals surface area contributed by atoms with Crippen molar-refractivity contribution in [3.05, 3.63) is 35.1 Å². The normalized spacial score (nSPS) is 11.0. The molecule has 0 radical (unpaired) electrons. The average Bonchev–Trinajstić information content (AvgIpc) is 3.11. The van der Waals surface area contributed by atoms with Crippen molar-refractivity contribution in [1.82, 2.24) is 40.4 Å². The molecule has 0 N–H and O–H groups in total. The van der Waals surface area contributed by atoms with Crippen LogP contribution in [0.3, 0.4) is 0 Å². The SMILES string of the molecule is CCCn1nnnc1Cn1nnc(-c2ccccc2Cl)n1. The monoisotopic (exact) mass is 304 g/mol. The van der Waals surface area contributed by atoms with Crippen molar-refractivity contribution in [3.8, 4) is 11.4 Å². The molecule has 0 bridgehead atoms. The Morgan fingerprint density at radius 3 is 2.81 bits per heavy atom. The number of aromatic nitrogens is 8. The van der Waals surface area contributed by atoms with Crippen LogP contribution < -0.4 is 0 Å². The largest absolute Gasteiger partial charge is 0.228 e. The lowest BCUT2D eigenvalue weighted by Gasteiger charge is -2.01. The molecule has 0 aliphatic carbocycles. The van der Waals surface area contributed by atoms with Crippen molar-refractivity contribution in [2.24, 2.45) is 0 Å². The Morgan fingerprint density at radius 1 is 1.14 bits per heavy atom. The second-order valence-electron chi connectivity index (χ2n) is 4.44. The van der Waals surface area contributed by atoms with E-state index >= 15 is 0 Å². The van der Waals surface area contributed by atoms with E-state index in [1.165, 1.54) is 4.80 Å². The minimum absolute atomic E-state index is 0.366. The Balaban J connectivity index is 1.82. The molecule has 0 fully saturated rings. The number of aryl methyl sites for hydroxylation is 1. The Bertz CT molecular complexity index is 734. The van der Waals surface area contributed by atoms with Crippen LogP contribution in [0.25, 0.3) is 11.4 Å². The van der Waals surface area contributed by atoms with Crippen LogP contribution in [0, 0.1) is 0 Å². The molecule has 3 rings (SSSR count). The highest BCUT2D eigenvalue weighted by atomic mass is 35.5. The topological polar surface area (TPSA) is 87.2 Å². The number of hydrogen-bond donors (Lipinski definition) is 0. The van der Waals surface area contributed by atoms with Crippen LogP contribution in [-0.2, 0) is 13.1 Å². The van der Waals surface area contributed by atoms with Gasteiger partial charge in [0.05, 0.1) is 5.02 Å². The Hall–Kier alpha value is -2.35. The van der Waals surface area contributed by atoms with E-state index in [4.69, 9.17) is 11.6 Å². The minimum atomic E-state index is 0.366. The van der Waals surface area contributed by atoms with Gasteiger partial charge in [-0.1, -0.05) is 30.7 Å². The van der Waals surface area contributed by atoms with Crippen LogP contribution in [0.1, 0.15) is 19.2 Å². The summed E-state index contributed by atoms with van der Waals surface area (Å²) in [6.07, 6.45) is 0.952. The molecule has 0 spiro atoms. The number of hydrogen-bond acceptors (Lipinski definition) is 6. The predicted octanol–water partition coefficient (Wildman–Crippen LogP) is 1.44. The van der Waals surface area contributed by atoms with Crippen molar-refractivity contribution in [2.45, 2.75) is 26.4 Å². The lowest BCUT2D eigenvalue weighted by molar-refractivity contribution is 0.500. The fraction of sp³-hybridized carbons (Fsp3) is 0.333. The number of halogens is 1. The molecule has 8 nitrogen and oxygen atoms in total. The van der Waals surface area contributed by atoms with Gasteiger partial charge in [-0.05, 0) is 34.2 Å². The van der Waals surface area contributed by atoms with Crippen LogP contribution in [0.2, 0.25) is 5.02 Å². The number of rotatable bonds is 5. The molecule has 0 saturated carbocycles. The molecule has 0 aliphatic heterocycles. The third-order valence-electron chi connectivity index (χ3n) is 2.89. The third kappa shape index (κ3) is 2.89. The smallest absolute Gasteiger partial charge is 0.206 e. The van der Waals surface area contributed by atoms with E-state index in [2.05, 4.69) is 37.9 Å². The van der Waals surface area contributed by atoms with Crippen LogP contribution >= 0.6 is 11.6 Å². The average molecular weight is 305 g/mol. The van der Waals surface area contributed by atoms with E-state index in [1.807, 2.05) is 18.2 Å². The van der Waals surface area contributed by atoms with Gasteiger partial charge in [0.25, 0.3) is 0 Å². The molecule has 0 unspecified atom stereocenters. The van der Waals surface area contributed by atoms with Gasteiger partial charge in [-0.3, -0.25) is 0 Å². The van der Waals surface area contributed by atoms with Crippen molar-refractivity contribution in [3.63, 3.8) is 0 Å². The maximum absolute atomic E-state index is 6.12. The summed E-state index contributed by atoms with van der Waals surface area (Å²) in [5.74, 6) is 1.18. The summed E-state index contributed by atoms with van der Waals surface area (Å²) >= 11 is 6.12. The fourth-order valence-electron chi connectivity index (χ4n) is 1.91. The van der Waals surface area contributed by atoms with Gasteiger partial charge in [-0.25, -0.2) is 4.68 Å². The zero-order valence-corrected chi connectivity index (χ0v) is 12.1. The van der Waals surface area contributed by atoms with E-state index in [-0.39, 0.29) is 0 Å². The van der Waals surface area contributed by atoms with Crippen molar-refractivity contribution >= 4 is 11.6 Å². The van der Waals surface area contributed by atoms with Gasteiger partial charge >= 0.3 is 0 Å². The summed E-state index contributed by atoms with van der Waals surface area (Å²) in [5.41, 5.74) is 0.749. The molecule has 0 aliphatic rings. The molecular formula is C12H13ClN8. The Kier molecular flexibility index (Phi) is 3.87. The summed E-state index contributed by atoms with van der Waals surface area (Å²) in [5, 5.41) is 24.5. The molecule has 9 heteroatoms. The number of tetrazole rings is 2. The highest BCUT2D eigenvalue weighted by molar-refractivity contribution is 6.33. The molecule has 2 heterocycles. The summed E-state index contributed by atoms with van der Waals surface area (Å²) in [7, 11) is 0. The Morgan fingerprint density at radius 2 is 2.00 bits per heavy atom. The lowest BCUT2D eigenvalue weighted by atomic mass is 10.2. The zero-order chi connectivity index (χ0) is 14.7. The molecule has 2 aromatic heterocycles. The summed E-state index contributed by atoms with van der Waals surface area (Å²) < 4.78 is 1.73. The van der Waals surface area contributed by atoms with E-state index in [1.54, 1.807) is 10.7 Å². The highest BCUT2D eigenvalue weighted by Crippen LogP contribution is 2.23. The standard InChI is InChI=1S/C12H13ClN8/c1-2-7-20-11(14-17-19-20)8-21-16-12(15-18-21)9-5-3-4-6-10(9)13/h3-6H,2,7-8H2,1H3. The van der Waals surface area contributed by atoms with Crippen LogP contribution in [0.5, 0.6) is 0 Å². The fourth-order valence-corrected chi connectivity index (χ4v) is 2.13. The van der Waals surface area contributed by atoms with Gasteiger partial charge in [0.15, 0.2) is 5.82 Å². The molecule has 108 valence electrons. The maximum Gasteiger partial charge on any atom is 0.206 e. The van der Waals surface area contributed by atoms with Gasteiger partial charge in [0.1, 0.15) is 6.54 Å². The van der Waals surface area contributed by atoms with E-state index < -0.39 is 0 Å². The second kappa shape index (κ2) is 5.96. The predicted molar refractivity (Wildman–Crippen MR) is 75.5 cm³/mol. The first-order valence-corrected chi connectivity index (χ1v) is 6.93. The minimum Gasteiger partial charge on any atom is -0.228 e. The zero-order valence-electron chi connectivity index (χ0n) is 11.4. The molecule has 0 saturated heterocycles. The van der Waals surface area contributed by atoms with Crippen LogP contribution in [0.15, 0.2) is 24.3 Å². The number of nitrogens with zero attached hydrogens (tertiary/aromatic N) is 8. The van der Waals surface area contributed by atoms with Crippen LogP contribution in [0.4, 0.5) is 0 Å². The van der Waals surface area contributed by atoms with Gasteiger partial charge < -0.3 is 0 Å².